The summed E-state index contributed by atoms with van der Waals surface area (Å²) in [6.07, 6.45) is 2.08. The number of alkyl halides is 1. The van der Waals surface area contributed by atoms with E-state index in [1.54, 1.807) is 19.1 Å². The number of carboxylic acid groups (broad SMARTS) is 1. The van der Waals surface area contributed by atoms with Crippen molar-refractivity contribution in [1.29, 1.82) is 0 Å². The molecule has 2 N–H and O–H groups in total. The van der Waals surface area contributed by atoms with Crippen molar-refractivity contribution >= 4 is 34.7 Å². The maximum absolute atomic E-state index is 12.3. The lowest BCUT2D eigenvalue weighted by Gasteiger charge is -2.43. The summed E-state index contributed by atoms with van der Waals surface area (Å²) in [7, 11) is 0. The minimum Gasteiger partial charge on any atom is -0.491 e. The molecule has 0 saturated heterocycles. The van der Waals surface area contributed by atoms with Gasteiger partial charge in [0.25, 0.3) is 0 Å². The van der Waals surface area contributed by atoms with Gasteiger partial charge < -0.3 is 15.2 Å². The quantitative estimate of drug-likeness (QED) is 0.336. The second-order valence-electron chi connectivity index (χ2n) is 9.64. The summed E-state index contributed by atoms with van der Waals surface area (Å²) in [6, 6.07) is 11.8. The zero-order valence-electron chi connectivity index (χ0n) is 20.7. The van der Waals surface area contributed by atoms with Gasteiger partial charge in [0.2, 0.25) is 0 Å². The first-order valence-corrected chi connectivity index (χ1v) is 13.2. The normalized spacial score (nSPS) is 20.2. The molecule has 2 aromatic rings. The van der Waals surface area contributed by atoms with Crippen molar-refractivity contribution in [2.75, 3.05) is 32.9 Å². The second kappa shape index (κ2) is 12.0. The van der Waals surface area contributed by atoms with E-state index in [0.717, 1.165) is 18.4 Å². The van der Waals surface area contributed by atoms with E-state index in [2.05, 4.69) is 41.4 Å². The molecule has 3 atom stereocenters. The molecule has 0 spiro atoms. The average Bonchev–Trinajstić information content (AvgIpc) is 3.22. The van der Waals surface area contributed by atoms with Crippen LogP contribution >= 0.6 is 23.2 Å². The van der Waals surface area contributed by atoms with Crippen molar-refractivity contribution in [2.45, 2.75) is 45.2 Å². The topological polar surface area (TPSA) is 61.8 Å². The molecule has 36 heavy (non-hydrogen) atoms. The van der Waals surface area contributed by atoms with Crippen LogP contribution in [0.15, 0.2) is 42.0 Å². The number of benzene rings is 2. The predicted molar refractivity (Wildman–Crippen MR) is 143 cm³/mol. The van der Waals surface area contributed by atoms with Crippen LogP contribution in [0, 0.1) is 5.92 Å². The lowest BCUT2D eigenvalue weighted by atomic mass is 9.84. The van der Waals surface area contributed by atoms with Crippen LogP contribution in [-0.4, -0.2) is 54.9 Å². The number of aliphatic carboxylic acids is 1. The van der Waals surface area contributed by atoms with Crippen molar-refractivity contribution in [1.82, 2.24) is 10.2 Å². The minimum atomic E-state index is -0.829. The Morgan fingerprint density at radius 2 is 2.03 bits per heavy atom. The van der Waals surface area contributed by atoms with E-state index in [4.69, 9.17) is 27.9 Å². The molecule has 0 amide bonds. The number of nitrogens with zero attached hydrogens (tertiary/aromatic N) is 1. The van der Waals surface area contributed by atoms with Crippen LogP contribution in [0.2, 0.25) is 10.0 Å². The highest BCUT2D eigenvalue weighted by molar-refractivity contribution is 6.37. The highest BCUT2D eigenvalue weighted by Crippen LogP contribution is 2.52. The average molecular weight is 535 g/mol. The fourth-order valence-electron chi connectivity index (χ4n) is 5.30. The molecule has 2 aliphatic rings. The number of halogens is 3. The Morgan fingerprint density at radius 3 is 2.78 bits per heavy atom. The van der Waals surface area contributed by atoms with E-state index >= 15 is 0 Å². The summed E-state index contributed by atoms with van der Waals surface area (Å²) in [5.74, 6) is -0.844. The van der Waals surface area contributed by atoms with E-state index in [9.17, 15) is 14.3 Å². The number of nitrogens with one attached hydrogen (secondary N) is 1. The van der Waals surface area contributed by atoms with Gasteiger partial charge in [-0.25, -0.2) is 0 Å². The zero-order valence-corrected chi connectivity index (χ0v) is 22.2. The summed E-state index contributed by atoms with van der Waals surface area (Å²) in [5.41, 5.74) is 5.81. The Kier molecular flexibility index (Phi) is 8.94. The standard InChI is InChI=1S/C28H33Cl2FN2O3/c1-17(28(34)35)16-33-18(2)14-21-20-7-4-3-6-19(20)15-22(21)27(33)25-23(29)8-9-24(26(25)30)36-13-12-32-11-5-10-31/h3-4,6-9,17-18,27,32H,5,10-16H2,1-2H3,(H,34,35)/t17-,18+,27-/m0/s1. The Labute approximate surface area is 222 Å². The monoisotopic (exact) mass is 534 g/mol. The van der Waals surface area contributed by atoms with Crippen LogP contribution < -0.4 is 10.1 Å². The summed E-state index contributed by atoms with van der Waals surface area (Å²) in [5, 5.41) is 13.8. The maximum atomic E-state index is 12.3. The molecule has 0 fully saturated rings. The highest BCUT2D eigenvalue weighted by atomic mass is 35.5. The Bertz CT molecular complexity index is 1140. The van der Waals surface area contributed by atoms with Gasteiger partial charge in [-0.15, -0.1) is 0 Å². The van der Waals surface area contributed by atoms with Gasteiger partial charge >= 0.3 is 5.97 Å². The maximum Gasteiger partial charge on any atom is 0.307 e. The molecule has 4 rings (SSSR count). The Morgan fingerprint density at radius 1 is 1.25 bits per heavy atom. The molecule has 5 nitrogen and oxygen atoms in total. The molecule has 8 heteroatoms. The number of carboxylic acids is 1. The van der Waals surface area contributed by atoms with Crippen LogP contribution in [0.5, 0.6) is 5.75 Å². The fourth-order valence-corrected chi connectivity index (χ4v) is 5.94. The van der Waals surface area contributed by atoms with Crippen molar-refractivity contribution in [2.24, 2.45) is 5.92 Å². The lowest BCUT2D eigenvalue weighted by molar-refractivity contribution is -0.142. The van der Waals surface area contributed by atoms with Crippen molar-refractivity contribution in [3.8, 4) is 5.75 Å². The number of ether oxygens (including phenoxy) is 1. The van der Waals surface area contributed by atoms with Crippen molar-refractivity contribution in [3.63, 3.8) is 0 Å². The zero-order chi connectivity index (χ0) is 25.8. The molecule has 0 unspecified atom stereocenters. The van der Waals surface area contributed by atoms with Gasteiger partial charge in [-0.2, -0.15) is 0 Å². The van der Waals surface area contributed by atoms with Crippen LogP contribution in [0.3, 0.4) is 0 Å². The van der Waals surface area contributed by atoms with Crippen LogP contribution in [0.4, 0.5) is 4.39 Å². The van der Waals surface area contributed by atoms with Crippen LogP contribution in [-0.2, 0) is 11.2 Å². The Hall–Kier alpha value is -2.12. The summed E-state index contributed by atoms with van der Waals surface area (Å²) < 4.78 is 18.3. The number of carbonyl (C=O) groups is 1. The van der Waals surface area contributed by atoms with Gasteiger partial charge in [-0.3, -0.25) is 14.1 Å². The van der Waals surface area contributed by atoms with Crippen molar-refractivity contribution < 1.29 is 19.0 Å². The molecular formula is C28H33Cl2FN2O3. The first-order valence-electron chi connectivity index (χ1n) is 12.5. The highest BCUT2D eigenvalue weighted by Gasteiger charge is 2.41. The van der Waals surface area contributed by atoms with E-state index in [-0.39, 0.29) is 18.8 Å². The van der Waals surface area contributed by atoms with E-state index < -0.39 is 11.9 Å². The van der Waals surface area contributed by atoms with Gasteiger partial charge in [-0.1, -0.05) is 54.4 Å². The van der Waals surface area contributed by atoms with Crippen LogP contribution in [0.1, 0.15) is 49.4 Å². The van der Waals surface area contributed by atoms with Gasteiger partial charge in [0.15, 0.2) is 0 Å². The third kappa shape index (κ3) is 5.57. The van der Waals surface area contributed by atoms with Gasteiger partial charge in [0.1, 0.15) is 12.4 Å². The largest absolute Gasteiger partial charge is 0.491 e. The first-order chi connectivity index (χ1) is 17.3. The van der Waals surface area contributed by atoms with Gasteiger partial charge in [-0.05, 0) is 67.1 Å². The summed E-state index contributed by atoms with van der Waals surface area (Å²) >= 11 is 13.8. The third-order valence-electron chi connectivity index (χ3n) is 7.13. The second-order valence-corrected chi connectivity index (χ2v) is 10.4. The first kappa shape index (κ1) is 26.9. The van der Waals surface area contributed by atoms with Crippen molar-refractivity contribution in [3.05, 3.63) is 68.7 Å². The lowest BCUT2D eigenvalue weighted by Crippen LogP contribution is -2.44. The minimum absolute atomic E-state index is 0.0955. The molecule has 1 aliphatic heterocycles. The molecule has 0 saturated carbocycles. The van der Waals surface area contributed by atoms with E-state index in [0.29, 0.717) is 48.5 Å². The summed E-state index contributed by atoms with van der Waals surface area (Å²) in [6.45, 7) is 5.45. The van der Waals surface area contributed by atoms with Crippen LogP contribution in [0.25, 0.3) is 5.57 Å². The predicted octanol–water partition coefficient (Wildman–Crippen LogP) is 6.19. The molecule has 194 valence electrons. The van der Waals surface area contributed by atoms with E-state index in [1.165, 1.54) is 22.3 Å². The fraction of sp³-hybridized carbons (Fsp3) is 0.464. The number of rotatable bonds is 11. The summed E-state index contributed by atoms with van der Waals surface area (Å²) in [4.78, 5) is 14.0. The molecular weight excluding hydrogens is 502 g/mol. The molecule has 1 heterocycles. The molecule has 0 aromatic heterocycles. The number of hydrogen-bond acceptors (Lipinski definition) is 4. The van der Waals surface area contributed by atoms with Gasteiger partial charge in [0, 0.05) is 29.7 Å². The smallest absolute Gasteiger partial charge is 0.307 e. The Balaban J connectivity index is 1.71. The molecule has 0 radical (unpaired) electrons. The number of fused-ring (bicyclic) bond motifs is 2. The molecule has 2 aromatic carbocycles. The SMILES string of the molecule is C[C@@H]1CC2=C(Cc3ccccc32)[C@@H](c2c(Cl)ccc(OCCNCCCF)c2Cl)N1C[C@H](C)C(=O)O. The molecule has 1 aliphatic carbocycles. The van der Waals surface area contributed by atoms with Gasteiger partial charge in [0.05, 0.1) is 23.7 Å². The number of hydrogen-bond donors (Lipinski definition) is 2. The van der Waals surface area contributed by atoms with E-state index in [1.807, 2.05) is 0 Å². The molecule has 0 bridgehead atoms. The third-order valence-corrected chi connectivity index (χ3v) is 7.85.